The molecule has 0 fully saturated rings. The summed E-state index contributed by atoms with van der Waals surface area (Å²) >= 11 is 1.57. The Bertz CT molecular complexity index is 674. The van der Waals surface area contributed by atoms with E-state index in [1.165, 1.54) is 7.11 Å². The maximum Gasteiger partial charge on any atom is 0.337 e. The lowest BCUT2D eigenvalue weighted by molar-refractivity contribution is 0.0600. The van der Waals surface area contributed by atoms with Crippen molar-refractivity contribution in [1.29, 1.82) is 0 Å². The summed E-state index contributed by atoms with van der Waals surface area (Å²) < 4.78 is 4.66. The van der Waals surface area contributed by atoms with E-state index in [0.717, 1.165) is 28.3 Å². The molecule has 0 aliphatic carbocycles. The molecular weight excluding hydrogens is 298 g/mol. The third kappa shape index (κ3) is 4.01. The van der Waals surface area contributed by atoms with Crippen LogP contribution in [0.25, 0.3) is 0 Å². The second kappa shape index (κ2) is 7.31. The van der Waals surface area contributed by atoms with Gasteiger partial charge in [-0.25, -0.2) is 4.79 Å². The minimum atomic E-state index is -0.340. The number of aryl methyl sites for hydroxylation is 2. The minimum absolute atomic E-state index is 0.137. The fourth-order valence-corrected chi connectivity index (χ4v) is 3.08. The monoisotopic (exact) mass is 317 g/mol. The lowest BCUT2D eigenvalue weighted by atomic mass is 10.1. The van der Waals surface area contributed by atoms with Crippen LogP contribution in [0, 0.1) is 13.8 Å². The van der Waals surface area contributed by atoms with Gasteiger partial charge in [-0.15, -0.1) is 11.8 Å². The van der Waals surface area contributed by atoms with Crippen molar-refractivity contribution < 1.29 is 14.3 Å². The Morgan fingerprint density at radius 3 is 2.41 bits per heavy atom. The Labute approximate surface area is 134 Å². The third-order valence-electron chi connectivity index (χ3n) is 3.33. The molecule has 0 bridgehead atoms. The number of ether oxygens (including phenoxy) is 1. The first kappa shape index (κ1) is 16.4. The van der Waals surface area contributed by atoms with Gasteiger partial charge < -0.3 is 9.72 Å². The number of H-pyrrole nitrogens is 1. The molecule has 0 saturated carbocycles. The fraction of sp³-hybridized carbons (Fsp3) is 0.294. The Morgan fingerprint density at radius 2 is 1.86 bits per heavy atom. The average Bonchev–Trinajstić information content (AvgIpc) is 2.86. The molecule has 0 saturated heterocycles. The van der Waals surface area contributed by atoms with Gasteiger partial charge in [0.2, 0.25) is 0 Å². The molecule has 1 heterocycles. The van der Waals surface area contributed by atoms with Crippen LogP contribution in [0.2, 0.25) is 0 Å². The highest BCUT2D eigenvalue weighted by Gasteiger charge is 2.11. The zero-order valence-corrected chi connectivity index (χ0v) is 13.8. The molecule has 1 aromatic heterocycles. The van der Waals surface area contributed by atoms with Crippen molar-refractivity contribution in [2.24, 2.45) is 0 Å². The highest BCUT2D eigenvalue weighted by molar-refractivity contribution is 7.99. The standard InChI is InChI=1S/C17H19NO3S/c1-11-8-15(12(2)18-11)16(19)10-22-9-13-4-6-14(7-5-13)17(20)21-3/h4-8,18H,9-10H2,1-3H3. The summed E-state index contributed by atoms with van der Waals surface area (Å²) in [4.78, 5) is 26.6. The highest BCUT2D eigenvalue weighted by atomic mass is 32.2. The van der Waals surface area contributed by atoms with Crippen LogP contribution in [0.4, 0.5) is 0 Å². The summed E-state index contributed by atoms with van der Waals surface area (Å²) in [5, 5.41) is 0. The van der Waals surface area contributed by atoms with Crippen molar-refractivity contribution >= 4 is 23.5 Å². The highest BCUT2D eigenvalue weighted by Crippen LogP contribution is 2.17. The normalized spacial score (nSPS) is 10.5. The van der Waals surface area contributed by atoms with Crippen LogP contribution < -0.4 is 0 Å². The molecule has 116 valence electrons. The van der Waals surface area contributed by atoms with Gasteiger partial charge in [0, 0.05) is 22.7 Å². The Balaban J connectivity index is 1.87. The second-order valence-electron chi connectivity index (χ2n) is 5.10. The summed E-state index contributed by atoms with van der Waals surface area (Å²) in [5.74, 6) is 0.970. The summed E-state index contributed by atoms with van der Waals surface area (Å²) in [6, 6.07) is 9.14. The topological polar surface area (TPSA) is 59.2 Å². The molecule has 0 spiro atoms. The second-order valence-corrected chi connectivity index (χ2v) is 6.08. The van der Waals surface area contributed by atoms with E-state index < -0.39 is 0 Å². The molecule has 5 heteroatoms. The largest absolute Gasteiger partial charge is 0.465 e. The maximum atomic E-state index is 12.1. The Hall–Kier alpha value is -2.01. The summed E-state index contributed by atoms with van der Waals surface area (Å²) in [7, 11) is 1.36. The first-order chi connectivity index (χ1) is 10.5. The number of ketones is 1. The number of hydrogen-bond acceptors (Lipinski definition) is 4. The number of aromatic nitrogens is 1. The predicted molar refractivity (Wildman–Crippen MR) is 88.5 cm³/mol. The van der Waals surface area contributed by atoms with Gasteiger partial charge >= 0.3 is 5.97 Å². The van der Waals surface area contributed by atoms with Crippen LogP contribution in [0.3, 0.4) is 0 Å². The van der Waals surface area contributed by atoms with E-state index in [1.807, 2.05) is 32.0 Å². The molecule has 0 aliphatic heterocycles. The number of Topliss-reactive ketones (excluding diaryl/α,β-unsaturated/α-hetero) is 1. The van der Waals surface area contributed by atoms with E-state index in [1.54, 1.807) is 23.9 Å². The SMILES string of the molecule is COC(=O)c1ccc(CSCC(=O)c2cc(C)[nH]c2C)cc1. The molecule has 1 N–H and O–H groups in total. The number of carbonyl (C=O) groups is 2. The van der Waals surface area contributed by atoms with E-state index in [2.05, 4.69) is 9.72 Å². The van der Waals surface area contributed by atoms with Crippen LogP contribution in [-0.2, 0) is 10.5 Å². The van der Waals surface area contributed by atoms with Crippen LogP contribution in [-0.4, -0.2) is 29.6 Å². The number of nitrogens with one attached hydrogen (secondary N) is 1. The van der Waals surface area contributed by atoms with Gasteiger partial charge in [0.1, 0.15) is 0 Å². The summed E-state index contributed by atoms with van der Waals surface area (Å²) in [5.41, 5.74) is 4.30. The lowest BCUT2D eigenvalue weighted by Crippen LogP contribution is -2.03. The first-order valence-corrected chi connectivity index (χ1v) is 8.11. The average molecular weight is 317 g/mol. The van der Waals surface area contributed by atoms with Crippen molar-refractivity contribution in [3.8, 4) is 0 Å². The number of benzene rings is 1. The molecule has 2 rings (SSSR count). The fourth-order valence-electron chi connectivity index (χ4n) is 2.21. The Morgan fingerprint density at radius 1 is 1.18 bits per heavy atom. The van der Waals surface area contributed by atoms with Crippen molar-refractivity contribution in [3.05, 3.63) is 58.4 Å². The van der Waals surface area contributed by atoms with Gasteiger partial charge in [-0.1, -0.05) is 12.1 Å². The van der Waals surface area contributed by atoms with Crippen molar-refractivity contribution in [3.63, 3.8) is 0 Å². The van der Waals surface area contributed by atoms with Gasteiger partial charge in [-0.05, 0) is 37.6 Å². The Kier molecular flexibility index (Phi) is 5.44. The maximum absolute atomic E-state index is 12.1. The number of thioether (sulfide) groups is 1. The van der Waals surface area contributed by atoms with Gasteiger partial charge in [0.15, 0.2) is 5.78 Å². The van der Waals surface area contributed by atoms with Crippen LogP contribution in [0.5, 0.6) is 0 Å². The minimum Gasteiger partial charge on any atom is -0.465 e. The van der Waals surface area contributed by atoms with E-state index in [9.17, 15) is 9.59 Å². The van der Waals surface area contributed by atoms with Crippen LogP contribution in [0.1, 0.15) is 37.7 Å². The predicted octanol–water partition coefficient (Wildman–Crippen LogP) is 3.53. The van der Waals surface area contributed by atoms with Crippen molar-refractivity contribution in [2.45, 2.75) is 19.6 Å². The van der Waals surface area contributed by atoms with Crippen LogP contribution >= 0.6 is 11.8 Å². The number of methoxy groups -OCH3 is 1. The number of aromatic amines is 1. The van der Waals surface area contributed by atoms with E-state index >= 15 is 0 Å². The smallest absolute Gasteiger partial charge is 0.337 e. The van der Waals surface area contributed by atoms with Crippen molar-refractivity contribution in [2.75, 3.05) is 12.9 Å². The summed E-state index contributed by atoms with van der Waals surface area (Å²) in [6.45, 7) is 3.86. The molecule has 0 amide bonds. The zero-order valence-electron chi connectivity index (χ0n) is 12.9. The molecule has 0 atom stereocenters. The number of hydrogen-bond donors (Lipinski definition) is 1. The van der Waals surface area contributed by atoms with E-state index in [-0.39, 0.29) is 11.8 Å². The quantitative estimate of drug-likeness (QED) is 0.654. The number of rotatable bonds is 6. The van der Waals surface area contributed by atoms with Crippen molar-refractivity contribution in [1.82, 2.24) is 4.98 Å². The number of esters is 1. The lowest BCUT2D eigenvalue weighted by Gasteiger charge is -2.03. The van der Waals surface area contributed by atoms with E-state index in [4.69, 9.17) is 0 Å². The molecule has 22 heavy (non-hydrogen) atoms. The van der Waals surface area contributed by atoms with Gasteiger partial charge in [0.05, 0.1) is 18.4 Å². The third-order valence-corrected chi connectivity index (χ3v) is 4.33. The van der Waals surface area contributed by atoms with Crippen LogP contribution in [0.15, 0.2) is 30.3 Å². The van der Waals surface area contributed by atoms with Gasteiger partial charge in [0.25, 0.3) is 0 Å². The first-order valence-electron chi connectivity index (χ1n) is 6.95. The molecular formula is C17H19NO3S. The molecule has 0 aliphatic rings. The number of carbonyl (C=O) groups excluding carboxylic acids is 2. The molecule has 1 aromatic carbocycles. The molecule has 0 unspecified atom stereocenters. The van der Waals surface area contributed by atoms with Gasteiger partial charge in [-0.3, -0.25) is 4.79 Å². The molecule has 0 radical (unpaired) electrons. The van der Waals surface area contributed by atoms with Gasteiger partial charge in [-0.2, -0.15) is 0 Å². The molecule has 4 nitrogen and oxygen atoms in total. The zero-order chi connectivity index (χ0) is 16.1. The molecule has 2 aromatic rings. The summed E-state index contributed by atoms with van der Waals surface area (Å²) in [6.07, 6.45) is 0. The van der Waals surface area contributed by atoms with E-state index in [0.29, 0.717) is 11.3 Å².